The molecule has 2 bridgehead atoms. The summed E-state index contributed by atoms with van der Waals surface area (Å²) in [4.78, 5) is 2.59. The number of thiophene rings is 1. The molecule has 1 spiro atoms. The normalized spacial score (nSPS) is 23.1. The van der Waals surface area contributed by atoms with Crippen LogP contribution in [0, 0.1) is 23.7 Å². The molecule has 0 saturated heterocycles. The Kier molecular flexibility index (Phi) is 7.05. The van der Waals surface area contributed by atoms with Crippen LogP contribution in [0.5, 0.6) is 0 Å². The van der Waals surface area contributed by atoms with Crippen LogP contribution >= 0.6 is 11.3 Å². The Bertz CT molecular complexity index is 2710. The molecule has 11 rings (SSSR count). The zero-order valence-electron chi connectivity index (χ0n) is 30.4. The third-order valence-electron chi connectivity index (χ3n) is 13.3. The Labute approximate surface area is 316 Å². The molecule has 7 aromatic carbocycles. The third-order valence-corrected chi connectivity index (χ3v) is 14.6. The Morgan fingerprint density at radius 3 is 2.21 bits per heavy atom. The number of hydrogen-bond acceptors (Lipinski definition) is 2. The predicted molar refractivity (Wildman–Crippen MR) is 227 cm³/mol. The van der Waals surface area contributed by atoms with Crippen molar-refractivity contribution < 1.29 is 0 Å². The van der Waals surface area contributed by atoms with E-state index in [1.165, 1.54) is 95.9 Å². The standard InChI is InChI=1S/C51H43NS/c1-32-27-34-29-33(2)51(37(28-32)30-34)44-22-7-5-19-43(44)49-45(51)23-12-25-47(49)52(46-24-10-14-35-13-3-4-17-39(35)46)38-16-9-15-36(31-38)40-20-11-21-42-41-18-6-8-26-48(41)53-50(40)42/h3-26,31-34,37H,27-30H2,1-2H3/t32-,33+,34-,37-,51?/m0/s1. The Morgan fingerprint density at radius 1 is 0.566 bits per heavy atom. The highest BCUT2D eigenvalue weighted by Gasteiger charge is 2.57. The topological polar surface area (TPSA) is 3.24 Å². The van der Waals surface area contributed by atoms with Gasteiger partial charge in [-0.15, -0.1) is 11.3 Å². The lowest BCUT2D eigenvalue weighted by molar-refractivity contribution is 0.0426. The second-order valence-corrected chi connectivity index (χ2v) is 17.3. The zero-order chi connectivity index (χ0) is 35.3. The van der Waals surface area contributed by atoms with E-state index in [1.807, 2.05) is 11.3 Å². The largest absolute Gasteiger partial charge is 0.309 e. The van der Waals surface area contributed by atoms with Crippen LogP contribution in [0.2, 0.25) is 0 Å². The van der Waals surface area contributed by atoms with E-state index < -0.39 is 0 Å². The quantitative estimate of drug-likeness (QED) is 0.177. The second kappa shape index (κ2) is 11.9. The minimum atomic E-state index is 0.0379. The zero-order valence-corrected chi connectivity index (χ0v) is 31.2. The molecular formula is C51H43NS. The molecule has 2 heteroatoms. The minimum Gasteiger partial charge on any atom is -0.309 e. The fourth-order valence-electron chi connectivity index (χ4n) is 11.5. The van der Waals surface area contributed by atoms with Crippen LogP contribution in [-0.2, 0) is 5.41 Å². The molecule has 1 unspecified atom stereocenters. The van der Waals surface area contributed by atoms with Crippen molar-refractivity contribution in [2.75, 3.05) is 4.90 Å². The van der Waals surface area contributed by atoms with Crippen molar-refractivity contribution in [3.8, 4) is 22.3 Å². The van der Waals surface area contributed by atoms with Gasteiger partial charge in [-0.05, 0) is 113 Å². The number of anilines is 3. The van der Waals surface area contributed by atoms with Gasteiger partial charge >= 0.3 is 0 Å². The van der Waals surface area contributed by atoms with Gasteiger partial charge in [-0.1, -0.05) is 135 Å². The van der Waals surface area contributed by atoms with E-state index in [1.54, 1.807) is 11.1 Å². The number of fused-ring (bicyclic) bond motifs is 12. The summed E-state index contributed by atoms with van der Waals surface area (Å²) in [5.74, 6) is 2.88. The van der Waals surface area contributed by atoms with Crippen LogP contribution in [0.4, 0.5) is 17.1 Å². The molecule has 258 valence electrons. The average Bonchev–Trinajstić information content (AvgIpc) is 3.72. The summed E-state index contributed by atoms with van der Waals surface area (Å²) in [6, 6.07) is 57.4. The van der Waals surface area contributed by atoms with E-state index in [0.29, 0.717) is 11.8 Å². The van der Waals surface area contributed by atoms with E-state index in [-0.39, 0.29) is 5.41 Å². The van der Waals surface area contributed by atoms with Gasteiger partial charge in [-0.25, -0.2) is 0 Å². The molecule has 5 atom stereocenters. The molecule has 0 radical (unpaired) electrons. The number of benzene rings is 7. The van der Waals surface area contributed by atoms with Gasteiger partial charge in [0.15, 0.2) is 0 Å². The summed E-state index contributed by atoms with van der Waals surface area (Å²) in [5, 5.41) is 5.20. The summed E-state index contributed by atoms with van der Waals surface area (Å²) < 4.78 is 2.69. The maximum atomic E-state index is 2.59. The number of hydrogen-bond donors (Lipinski definition) is 0. The number of rotatable bonds is 4. The average molecular weight is 702 g/mol. The summed E-state index contributed by atoms with van der Waals surface area (Å²) in [7, 11) is 0. The van der Waals surface area contributed by atoms with E-state index in [2.05, 4.69) is 170 Å². The molecule has 1 nitrogen and oxygen atoms in total. The molecule has 2 saturated carbocycles. The van der Waals surface area contributed by atoms with Crippen LogP contribution in [0.25, 0.3) is 53.2 Å². The van der Waals surface area contributed by atoms with Gasteiger partial charge in [0.25, 0.3) is 0 Å². The lowest BCUT2D eigenvalue weighted by atomic mass is 9.49. The lowest BCUT2D eigenvalue weighted by Gasteiger charge is -2.54. The summed E-state index contributed by atoms with van der Waals surface area (Å²) in [5.41, 5.74) is 12.2. The van der Waals surface area contributed by atoms with Crippen LogP contribution in [0.3, 0.4) is 0 Å². The minimum absolute atomic E-state index is 0.0379. The Morgan fingerprint density at radius 2 is 1.26 bits per heavy atom. The maximum Gasteiger partial charge on any atom is 0.0543 e. The first-order valence-electron chi connectivity index (χ1n) is 19.6. The SMILES string of the molecule is C[C@H]1C[C@@H]2C[C@H](C1)C1(c3ccccc3-c3c(N(c4cccc(-c5cccc6c5sc5ccccc56)c4)c4cccc5ccccc45)cccc31)[C@H](C)C2. The smallest absolute Gasteiger partial charge is 0.0543 e. The lowest BCUT2D eigenvalue weighted by Crippen LogP contribution is -2.49. The molecular weight excluding hydrogens is 659 g/mol. The first-order chi connectivity index (χ1) is 26.1. The summed E-state index contributed by atoms with van der Waals surface area (Å²) >= 11 is 1.91. The van der Waals surface area contributed by atoms with Crippen LogP contribution < -0.4 is 4.90 Å². The summed E-state index contributed by atoms with van der Waals surface area (Å²) in [6.45, 7) is 5.09. The van der Waals surface area contributed by atoms with Crippen molar-refractivity contribution in [1.82, 2.24) is 0 Å². The highest BCUT2D eigenvalue weighted by atomic mass is 32.1. The Balaban J connectivity index is 1.17. The second-order valence-electron chi connectivity index (χ2n) is 16.3. The fraction of sp³-hybridized carbons (Fsp3) is 0.216. The highest BCUT2D eigenvalue weighted by Crippen LogP contribution is 2.66. The summed E-state index contributed by atoms with van der Waals surface area (Å²) in [6.07, 6.45) is 5.38. The molecule has 1 aromatic heterocycles. The molecule has 1 heterocycles. The van der Waals surface area contributed by atoms with Gasteiger partial charge in [0.1, 0.15) is 0 Å². The van der Waals surface area contributed by atoms with Crippen molar-refractivity contribution in [3.05, 3.63) is 163 Å². The molecule has 3 aliphatic rings. The van der Waals surface area contributed by atoms with Gasteiger partial charge in [-0.2, -0.15) is 0 Å². The van der Waals surface area contributed by atoms with Gasteiger partial charge in [0.05, 0.1) is 11.4 Å². The molecule has 0 N–H and O–H groups in total. The van der Waals surface area contributed by atoms with E-state index in [4.69, 9.17) is 0 Å². The highest BCUT2D eigenvalue weighted by molar-refractivity contribution is 7.26. The molecule has 53 heavy (non-hydrogen) atoms. The van der Waals surface area contributed by atoms with Crippen molar-refractivity contribution >= 4 is 59.3 Å². The molecule has 3 aliphatic carbocycles. The van der Waals surface area contributed by atoms with Crippen molar-refractivity contribution in [1.29, 1.82) is 0 Å². The molecule has 2 fully saturated rings. The van der Waals surface area contributed by atoms with Crippen molar-refractivity contribution in [2.45, 2.75) is 44.9 Å². The van der Waals surface area contributed by atoms with Gasteiger partial charge in [-0.3, -0.25) is 0 Å². The van der Waals surface area contributed by atoms with E-state index >= 15 is 0 Å². The Hall–Kier alpha value is -5.18. The van der Waals surface area contributed by atoms with Gasteiger partial charge in [0, 0.05) is 42.2 Å². The van der Waals surface area contributed by atoms with Gasteiger partial charge in [0.2, 0.25) is 0 Å². The van der Waals surface area contributed by atoms with Crippen molar-refractivity contribution in [3.63, 3.8) is 0 Å². The van der Waals surface area contributed by atoms with Crippen LogP contribution in [0.15, 0.2) is 152 Å². The first-order valence-corrected chi connectivity index (χ1v) is 20.4. The monoisotopic (exact) mass is 701 g/mol. The van der Waals surface area contributed by atoms with E-state index in [9.17, 15) is 0 Å². The van der Waals surface area contributed by atoms with Gasteiger partial charge < -0.3 is 4.90 Å². The fourth-order valence-corrected chi connectivity index (χ4v) is 12.8. The maximum absolute atomic E-state index is 2.59. The van der Waals surface area contributed by atoms with Crippen molar-refractivity contribution in [2.24, 2.45) is 23.7 Å². The molecule has 0 amide bonds. The van der Waals surface area contributed by atoms with E-state index in [0.717, 1.165) is 11.8 Å². The molecule has 8 aromatic rings. The van der Waals surface area contributed by atoms with Crippen LogP contribution in [0.1, 0.15) is 50.7 Å². The third kappa shape index (κ3) is 4.55. The molecule has 0 aliphatic heterocycles. The van der Waals surface area contributed by atoms with Crippen LogP contribution in [-0.4, -0.2) is 0 Å². The first kappa shape index (κ1) is 31.4. The number of nitrogens with zero attached hydrogens (tertiary/aromatic N) is 1. The predicted octanol–water partition coefficient (Wildman–Crippen LogP) is 14.7.